The number of carbonyl (C=O) groups excluding carboxylic acids is 1. The molecule has 2 heterocycles. The first-order chi connectivity index (χ1) is 14.5. The van der Waals surface area contributed by atoms with Gasteiger partial charge in [0.25, 0.3) is 6.43 Å². The summed E-state index contributed by atoms with van der Waals surface area (Å²) in [5.74, 6) is -0.669. The maximum atomic E-state index is 13.8. The molecule has 0 spiro atoms. The lowest BCUT2D eigenvalue weighted by Crippen LogP contribution is -2.44. The van der Waals surface area contributed by atoms with E-state index in [0.29, 0.717) is 12.3 Å². The van der Waals surface area contributed by atoms with Crippen LogP contribution < -0.4 is 15.8 Å². The maximum Gasteiger partial charge on any atom is 0.418 e. The van der Waals surface area contributed by atoms with Gasteiger partial charge in [0.15, 0.2) is 5.54 Å². The molecule has 0 fully saturated rings. The van der Waals surface area contributed by atoms with E-state index in [0.717, 1.165) is 0 Å². The number of carbonyl (C=O) groups is 1. The summed E-state index contributed by atoms with van der Waals surface area (Å²) in [5.41, 5.74) is 2.45. The van der Waals surface area contributed by atoms with Crippen LogP contribution in [0.1, 0.15) is 11.1 Å². The van der Waals surface area contributed by atoms with E-state index in [2.05, 4.69) is 15.3 Å². The second-order valence-corrected chi connectivity index (χ2v) is 6.83. The number of nitrogens with zero attached hydrogens (tertiary/aromatic N) is 2. The van der Waals surface area contributed by atoms with Crippen LogP contribution in [0.2, 0.25) is 5.02 Å². The molecule has 13 heteroatoms. The minimum Gasteiger partial charge on any atom is -0.389 e. The molecule has 0 aliphatic carbocycles. The molecule has 1 atom stereocenters. The smallest absolute Gasteiger partial charge is 0.389 e. The van der Waals surface area contributed by atoms with Crippen LogP contribution in [-0.2, 0) is 16.5 Å². The van der Waals surface area contributed by atoms with Gasteiger partial charge >= 0.3 is 12.3 Å². The Labute approximate surface area is 177 Å². The molecule has 0 bridgehead atoms. The molecular weight excluding hydrogens is 451 g/mol. The highest BCUT2D eigenvalue weighted by atomic mass is 35.5. The highest BCUT2D eigenvalue weighted by Gasteiger charge is 2.44. The van der Waals surface area contributed by atoms with E-state index in [-0.39, 0.29) is 23.7 Å². The van der Waals surface area contributed by atoms with Crippen molar-refractivity contribution in [1.29, 1.82) is 0 Å². The predicted octanol–water partition coefficient (Wildman–Crippen LogP) is 4.21. The third-order valence-electron chi connectivity index (χ3n) is 4.21. The van der Waals surface area contributed by atoms with Gasteiger partial charge in [0.1, 0.15) is 17.5 Å². The Morgan fingerprint density at radius 3 is 2.68 bits per heavy atom. The van der Waals surface area contributed by atoms with Crippen molar-refractivity contribution in [3.63, 3.8) is 0 Å². The number of rotatable bonds is 4. The number of nitrogens with one attached hydrogen (secondary N) is 1. The number of amidine groups is 1. The summed E-state index contributed by atoms with van der Waals surface area (Å²) >= 11 is 5.68. The van der Waals surface area contributed by atoms with Crippen LogP contribution in [0.15, 0.2) is 41.5 Å². The van der Waals surface area contributed by atoms with Gasteiger partial charge in [0.05, 0.1) is 12.2 Å². The Hall–Kier alpha value is -2.99. The zero-order valence-corrected chi connectivity index (χ0v) is 16.2. The first kappa shape index (κ1) is 22.7. The highest BCUT2D eigenvalue weighted by molar-refractivity contribution is 6.32. The van der Waals surface area contributed by atoms with Gasteiger partial charge in [-0.2, -0.15) is 13.2 Å². The van der Waals surface area contributed by atoms with Crippen molar-refractivity contribution in [2.24, 2.45) is 10.7 Å². The molecular formula is C18H14ClF5N4O3. The highest BCUT2D eigenvalue weighted by Crippen LogP contribution is 2.36. The first-order valence-electron chi connectivity index (χ1n) is 8.53. The number of alkyl halides is 5. The molecule has 7 nitrogen and oxygen atoms in total. The molecule has 1 aliphatic rings. The molecule has 1 aromatic heterocycles. The van der Waals surface area contributed by atoms with Gasteiger partial charge in [-0.05, 0) is 23.8 Å². The van der Waals surface area contributed by atoms with Crippen molar-refractivity contribution >= 4 is 29.2 Å². The van der Waals surface area contributed by atoms with Gasteiger partial charge in [-0.25, -0.2) is 18.6 Å². The van der Waals surface area contributed by atoms with Gasteiger partial charge in [0.2, 0.25) is 5.88 Å². The number of hydrogen-bond acceptors (Lipinski definition) is 6. The molecule has 3 N–H and O–H groups in total. The van der Waals surface area contributed by atoms with Crippen LogP contribution in [0.25, 0.3) is 0 Å². The Bertz CT molecular complexity index is 1020. The van der Waals surface area contributed by atoms with E-state index in [4.69, 9.17) is 26.8 Å². The third-order valence-corrected chi connectivity index (χ3v) is 4.48. The number of amides is 1. The number of anilines is 1. The number of aromatic nitrogens is 1. The van der Waals surface area contributed by atoms with Crippen molar-refractivity contribution < 1.29 is 36.2 Å². The van der Waals surface area contributed by atoms with Crippen molar-refractivity contribution in [1.82, 2.24) is 4.98 Å². The molecule has 0 radical (unpaired) electrons. The molecule has 0 saturated heterocycles. The van der Waals surface area contributed by atoms with Crippen LogP contribution in [0, 0.1) is 0 Å². The van der Waals surface area contributed by atoms with E-state index in [1.54, 1.807) is 0 Å². The quantitative estimate of drug-likeness (QED) is 0.660. The number of aliphatic imine (C=N–C) groups is 1. The third kappa shape index (κ3) is 5.02. The van der Waals surface area contributed by atoms with Crippen LogP contribution in [0.3, 0.4) is 0 Å². The van der Waals surface area contributed by atoms with Crippen molar-refractivity contribution in [3.05, 3.63) is 52.7 Å². The van der Waals surface area contributed by atoms with E-state index >= 15 is 0 Å². The first-order valence-corrected chi connectivity index (χ1v) is 8.91. The van der Waals surface area contributed by atoms with Gasteiger partial charge < -0.3 is 15.2 Å². The number of pyridine rings is 1. The van der Waals surface area contributed by atoms with E-state index in [9.17, 15) is 26.7 Å². The molecule has 1 amide bonds. The Kier molecular flexibility index (Phi) is 6.32. The summed E-state index contributed by atoms with van der Waals surface area (Å²) < 4.78 is 75.5. The molecule has 166 valence electrons. The molecule has 2 aromatic rings. The summed E-state index contributed by atoms with van der Waals surface area (Å²) in [5, 5.41) is 1.72. The molecule has 1 unspecified atom stereocenters. The molecule has 1 aliphatic heterocycles. The molecule has 31 heavy (non-hydrogen) atoms. The lowest BCUT2D eigenvalue weighted by molar-refractivity contribution is -0.137. The Morgan fingerprint density at radius 1 is 1.32 bits per heavy atom. The topological polar surface area (TPSA) is 98.8 Å². The lowest BCUT2D eigenvalue weighted by Gasteiger charge is -2.33. The largest absolute Gasteiger partial charge is 0.418 e. The Balaban J connectivity index is 1.78. The number of hydrogen-bond donors (Lipinski definition) is 2. The number of benzene rings is 1. The maximum absolute atomic E-state index is 13.8. The minimum absolute atomic E-state index is 0.0219. The van der Waals surface area contributed by atoms with E-state index in [1.807, 2.05) is 0 Å². The van der Waals surface area contributed by atoms with Gasteiger partial charge in [-0.1, -0.05) is 23.7 Å². The SMILES string of the molecule is NC1=NC(c2cccc(NC(=O)Oc3ncc(C(F)(F)F)cc3Cl)c2)(C(F)F)COC1. The number of ether oxygens (including phenoxy) is 2. The summed E-state index contributed by atoms with van der Waals surface area (Å²) in [6.45, 7) is -0.510. The van der Waals surface area contributed by atoms with Gasteiger partial charge in [-0.15, -0.1) is 0 Å². The Morgan fingerprint density at radius 2 is 2.06 bits per heavy atom. The average Bonchev–Trinajstić information content (AvgIpc) is 2.68. The fourth-order valence-corrected chi connectivity index (χ4v) is 2.98. The number of halogens is 6. The van der Waals surface area contributed by atoms with Gasteiger partial charge in [-0.3, -0.25) is 10.3 Å². The average molecular weight is 465 g/mol. The lowest BCUT2D eigenvalue weighted by atomic mass is 9.90. The van der Waals surface area contributed by atoms with Gasteiger partial charge in [0, 0.05) is 11.9 Å². The normalized spacial score (nSPS) is 19.1. The van der Waals surface area contributed by atoms with Crippen LogP contribution in [0.4, 0.5) is 32.4 Å². The van der Waals surface area contributed by atoms with Crippen molar-refractivity contribution in [3.8, 4) is 5.88 Å². The van der Waals surface area contributed by atoms with E-state index in [1.165, 1.54) is 24.3 Å². The molecule has 1 aromatic carbocycles. The standard InChI is InChI=1S/C18H14ClF5N4O3/c19-12-5-10(18(22,23)24)6-26-14(12)31-16(29)27-11-3-1-2-9(4-11)17(15(20)21)8-30-7-13(25)28-17/h1-6,15H,7-8H2,(H2,25,28)(H,27,29). The minimum atomic E-state index is -4.67. The monoisotopic (exact) mass is 464 g/mol. The van der Waals surface area contributed by atoms with Crippen LogP contribution in [0.5, 0.6) is 5.88 Å². The summed E-state index contributed by atoms with van der Waals surface area (Å²) in [4.78, 5) is 19.3. The molecule has 0 saturated carbocycles. The van der Waals surface area contributed by atoms with Crippen LogP contribution >= 0.6 is 11.6 Å². The fourth-order valence-electron chi connectivity index (χ4n) is 2.77. The number of nitrogens with two attached hydrogens (primary N) is 1. The second-order valence-electron chi connectivity index (χ2n) is 6.42. The van der Waals surface area contributed by atoms with Crippen molar-refractivity contribution in [2.45, 2.75) is 18.1 Å². The van der Waals surface area contributed by atoms with Crippen LogP contribution in [-0.4, -0.2) is 36.6 Å². The summed E-state index contributed by atoms with van der Waals surface area (Å²) in [6, 6.07) is 5.90. The zero-order valence-electron chi connectivity index (χ0n) is 15.4. The predicted molar refractivity (Wildman–Crippen MR) is 100 cm³/mol. The zero-order chi connectivity index (χ0) is 22.8. The fraction of sp³-hybridized carbons (Fsp3) is 0.278. The summed E-state index contributed by atoms with van der Waals surface area (Å²) in [7, 11) is 0. The van der Waals surface area contributed by atoms with Crippen molar-refractivity contribution in [2.75, 3.05) is 18.5 Å². The summed E-state index contributed by atoms with van der Waals surface area (Å²) in [6.07, 6.45) is -8.33. The second kappa shape index (κ2) is 8.63. The van der Waals surface area contributed by atoms with E-state index < -0.39 is 47.3 Å². The molecule has 3 rings (SSSR count).